The van der Waals surface area contributed by atoms with Crippen LogP contribution < -0.4 is 9.47 Å². The number of hydrogen-bond acceptors (Lipinski definition) is 6. The molecule has 8 heteroatoms. The van der Waals surface area contributed by atoms with E-state index in [-0.39, 0.29) is 40.7 Å². The molecule has 0 bridgehead atoms. The van der Waals surface area contributed by atoms with E-state index >= 15 is 0 Å². The lowest BCUT2D eigenvalue weighted by Gasteiger charge is -2.19. The van der Waals surface area contributed by atoms with Gasteiger partial charge in [-0.15, -0.1) is 0 Å². The van der Waals surface area contributed by atoms with Gasteiger partial charge in [-0.25, -0.2) is 9.59 Å². The maximum absolute atomic E-state index is 12.1. The molecule has 2 aromatic rings. The third-order valence-corrected chi connectivity index (χ3v) is 4.72. The van der Waals surface area contributed by atoms with Crippen molar-refractivity contribution in [3.8, 4) is 11.5 Å². The van der Waals surface area contributed by atoms with Gasteiger partial charge in [0, 0.05) is 0 Å². The van der Waals surface area contributed by atoms with Crippen molar-refractivity contribution < 1.29 is 28.5 Å². The largest absolute Gasteiger partial charge is 0.514 e. The normalized spacial score (nSPS) is 11.5. The molecule has 1 atom stereocenters. The molecule has 0 aliphatic heterocycles. The highest BCUT2D eigenvalue weighted by atomic mass is 35.5. The van der Waals surface area contributed by atoms with E-state index in [4.69, 9.17) is 42.1 Å². The maximum Gasteiger partial charge on any atom is 0.514 e. The molecule has 1 unspecified atom stereocenters. The Hall–Kier alpha value is -2.44. The molecule has 30 heavy (non-hydrogen) atoms. The van der Waals surface area contributed by atoms with Crippen molar-refractivity contribution in [3.63, 3.8) is 0 Å². The Bertz CT molecular complexity index is 889. The average molecular weight is 455 g/mol. The van der Waals surface area contributed by atoms with Crippen LogP contribution in [0.3, 0.4) is 0 Å². The van der Waals surface area contributed by atoms with Gasteiger partial charge in [0.05, 0.1) is 22.2 Å². The minimum Gasteiger partial charge on any atom is -0.487 e. The van der Waals surface area contributed by atoms with Crippen LogP contribution in [0.4, 0.5) is 4.79 Å². The van der Waals surface area contributed by atoms with E-state index < -0.39 is 12.1 Å². The Morgan fingerprint density at radius 2 is 1.67 bits per heavy atom. The monoisotopic (exact) mass is 454 g/mol. The van der Waals surface area contributed by atoms with Crippen LogP contribution in [0.2, 0.25) is 10.0 Å². The van der Waals surface area contributed by atoms with E-state index in [0.717, 1.165) is 16.9 Å². The molecule has 2 rings (SSSR count). The summed E-state index contributed by atoms with van der Waals surface area (Å²) in [6.45, 7) is 7.75. The SMILES string of the molecule is CCOC(=O)c1cc(Cl)c(OC(=O)OCC(CC)Oc2ccc(C)cc2C)c(Cl)c1. The summed E-state index contributed by atoms with van der Waals surface area (Å²) in [5.41, 5.74) is 2.28. The fraction of sp³-hybridized carbons (Fsp3) is 0.364. The van der Waals surface area contributed by atoms with Crippen molar-refractivity contribution in [1.29, 1.82) is 0 Å². The first-order valence-corrected chi connectivity index (χ1v) is 10.2. The zero-order valence-corrected chi connectivity index (χ0v) is 18.8. The number of benzene rings is 2. The summed E-state index contributed by atoms with van der Waals surface area (Å²) < 4.78 is 21.1. The Balaban J connectivity index is 1.98. The molecule has 0 fully saturated rings. The van der Waals surface area contributed by atoms with E-state index in [1.54, 1.807) is 6.92 Å². The van der Waals surface area contributed by atoms with Crippen LogP contribution in [0.1, 0.15) is 41.8 Å². The molecule has 0 spiro atoms. The predicted octanol–water partition coefficient (Wildman–Crippen LogP) is 6.16. The molecule has 0 saturated heterocycles. The first kappa shape index (κ1) is 23.8. The smallest absolute Gasteiger partial charge is 0.487 e. The van der Waals surface area contributed by atoms with Gasteiger partial charge in [0.2, 0.25) is 0 Å². The number of hydrogen-bond donors (Lipinski definition) is 0. The summed E-state index contributed by atoms with van der Waals surface area (Å²) in [5.74, 6) is 0.0505. The Morgan fingerprint density at radius 1 is 1.00 bits per heavy atom. The second-order valence-electron chi connectivity index (χ2n) is 6.57. The topological polar surface area (TPSA) is 71.1 Å². The van der Waals surface area contributed by atoms with Crippen molar-refractivity contribution in [2.24, 2.45) is 0 Å². The fourth-order valence-corrected chi connectivity index (χ4v) is 3.17. The van der Waals surface area contributed by atoms with Gasteiger partial charge in [-0.05, 0) is 51.0 Å². The van der Waals surface area contributed by atoms with Crippen LogP contribution in [0.25, 0.3) is 0 Å². The summed E-state index contributed by atoms with van der Waals surface area (Å²) in [5, 5.41) is -0.0258. The highest BCUT2D eigenvalue weighted by molar-refractivity contribution is 6.37. The lowest BCUT2D eigenvalue weighted by atomic mass is 10.1. The van der Waals surface area contributed by atoms with E-state index in [0.29, 0.717) is 6.42 Å². The van der Waals surface area contributed by atoms with Crippen LogP contribution in [0, 0.1) is 13.8 Å². The Morgan fingerprint density at radius 3 is 2.23 bits per heavy atom. The molecular weight excluding hydrogens is 431 g/mol. The third-order valence-electron chi connectivity index (χ3n) is 4.16. The average Bonchev–Trinajstić information content (AvgIpc) is 2.69. The zero-order chi connectivity index (χ0) is 22.3. The third kappa shape index (κ3) is 6.54. The van der Waals surface area contributed by atoms with Crippen LogP contribution >= 0.6 is 23.2 Å². The summed E-state index contributed by atoms with van der Waals surface area (Å²) >= 11 is 12.2. The van der Waals surface area contributed by atoms with Crippen LogP contribution in [0.5, 0.6) is 11.5 Å². The quantitative estimate of drug-likeness (QED) is 0.351. The number of rotatable bonds is 8. The molecule has 0 N–H and O–H groups in total. The molecule has 6 nitrogen and oxygen atoms in total. The minimum atomic E-state index is -0.981. The molecule has 0 aliphatic carbocycles. The maximum atomic E-state index is 12.1. The number of ether oxygens (including phenoxy) is 4. The first-order chi connectivity index (χ1) is 14.2. The molecule has 0 heterocycles. The highest BCUT2D eigenvalue weighted by Crippen LogP contribution is 2.34. The van der Waals surface area contributed by atoms with Crippen LogP contribution in [0.15, 0.2) is 30.3 Å². The number of carbonyl (C=O) groups excluding carboxylic acids is 2. The van der Waals surface area contributed by atoms with E-state index in [9.17, 15) is 9.59 Å². The molecule has 0 aromatic heterocycles. The standard InChI is InChI=1S/C22H24Cl2O6/c1-5-16(29-19-8-7-13(3)9-14(19)4)12-28-22(26)30-20-17(23)10-15(11-18(20)24)21(25)27-6-2/h7-11,16H,5-6,12H2,1-4H3. The molecule has 0 saturated carbocycles. The molecule has 0 radical (unpaired) electrons. The number of esters is 1. The second kappa shape index (κ2) is 11.1. The van der Waals surface area contributed by atoms with Gasteiger partial charge in [-0.2, -0.15) is 0 Å². The van der Waals surface area contributed by atoms with E-state index in [1.807, 2.05) is 39.0 Å². The van der Waals surface area contributed by atoms with Gasteiger partial charge >= 0.3 is 12.1 Å². The Kier molecular flexibility index (Phi) is 8.81. The summed E-state index contributed by atoms with van der Waals surface area (Å²) in [6, 6.07) is 8.48. The molecule has 0 amide bonds. The van der Waals surface area contributed by atoms with Gasteiger partial charge in [0.25, 0.3) is 0 Å². The van der Waals surface area contributed by atoms with E-state index in [2.05, 4.69) is 0 Å². The van der Waals surface area contributed by atoms with Crippen molar-refractivity contribution in [2.45, 2.75) is 40.2 Å². The van der Waals surface area contributed by atoms with Gasteiger partial charge in [0.15, 0.2) is 5.75 Å². The molecule has 0 aliphatic rings. The lowest BCUT2D eigenvalue weighted by molar-refractivity contribution is 0.0526. The van der Waals surface area contributed by atoms with Gasteiger partial charge in [-0.1, -0.05) is 47.8 Å². The number of carbonyl (C=O) groups is 2. The van der Waals surface area contributed by atoms with Crippen molar-refractivity contribution >= 4 is 35.3 Å². The predicted molar refractivity (Wildman–Crippen MR) is 115 cm³/mol. The van der Waals surface area contributed by atoms with Gasteiger partial charge < -0.3 is 18.9 Å². The van der Waals surface area contributed by atoms with Crippen LogP contribution in [-0.2, 0) is 9.47 Å². The van der Waals surface area contributed by atoms with Gasteiger partial charge in [-0.3, -0.25) is 0 Å². The molecular formula is C22H24Cl2O6. The molecule has 2 aromatic carbocycles. The second-order valence-corrected chi connectivity index (χ2v) is 7.38. The lowest BCUT2D eigenvalue weighted by Crippen LogP contribution is -2.25. The minimum absolute atomic E-state index is 0.0129. The first-order valence-electron chi connectivity index (χ1n) is 9.49. The fourth-order valence-electron chi connectivity index (χ4n) is 2.61. The van der Waals surface area contributed by atoms with Gasteiger partial charge in [0.1, 0.15) is 18.5 Å². The van der Waals surface area contributed by atoms with E-state index in [1.165, 1.54) is 12.1 Å². The number of halogens is 2. The van der Waals surface area contributed by atoms with Crippen molar-refractivity contribution in [2.75, 3.05) is 13.2 Å². The summed E-state index contributed by atoms with van der Waals surface area (Å²) in [7, 11) is 0. The van der Waals surface area contributed by atoms with Crippen molar-refractivity contribution in [1.82, 2.24) is 0 Å². The summed E-state index contributed by atoms with van der Waals surface area (Å²) in [6.07, 6.45) is -0.711. The Labute approximate surface area is 186 Å². The number of aryl methyl sites for hydroxylation is 2. The van der Waals surface area contributed by atoms with Crippen LogP contribution in [-0.4, -0.2) is 31.4 Å². The van der Waals surface area contributed by atoms with Crippen molar-refractivity contribution in [3.05, 3.63) is 57.1 Å². The zero-order valence-electron chi connectivity index (χ0n) is 17.3. The highest BCUT2D eigenvalue weighted by Gasteiger charge is 2.20. The molecule has 162 valence electrons. The summed E-state index contributed by atoms with van der Waals surface area (Å²) in [4.78, 5) is 23.9.